The molecule has 4 heterocycles. The Bertz CT molecular complexity index is 4330. The van der Waals surface area contributed by atoms with Crippen molar-refractivity contribution in [2.45, 2.75) is 0 Å². The van der Waals surface area contributed by atoms with E-state index in [-0.39, 0.29) is 0 Å². The monoisotopic (exact) mass is 892 g/mol. The number of nitrogens with zero attached hydrogens (tertiary/aromatic N) is 4. The van der Waals surface area contributed by atoms with E-state index < -0.39 is 0 Å². The fourth-order valence-corrected chi connectivity index (χ4v) is 10.6. The van der Waals surface area contributed by atoms with Crippen LogP contribution in [0, 0.1) is 0 Å². The third kappa shape index (κ3) is 6.44. The molecule has 70 heavy (non-hydrogen) atoms. The summed E-state index contributed by atoms with van der Waals surface area (Å²) in [6.45, 7) is 0. The minimum absolute atomic E-state index is 0.653. The van der Waals surface area contributed by atoms with Crippen molar-refractivity contribution in [2.75, 3.05) is 0 Å². The highest BCUT2D eigenvalue weighted by atomic mass is 16.3. The highest BCUT2D eigenvalue weighted by molar-refractivity contribution is 6.29. The van der Waals surface area contributed by atoms with Crippen molar-refractivity contribution in [1.29, 1.82) is 0 Å². The van der Waals surface area contributed by atoms with Gasteiger partial charge in [-0.15, -0.1) is 0 Å². The van der Waals surface area contributed by atoms with Crippen LogP contribution in [-0.2, 0) is 0 Å². The molecular formula is C65H40N4O. The summed E-state index contributed by atoms with van der Waals surface area (Å²) in [6.07, 6.45) is 0. The molecule has 0 fully saturated rings. The maximum Gasteiger partial charge on any atom is 0.160 e. The normalized spacial score (nSPS) is 11.7. The zero-order valence-electron chi connectivity index (χ0n) is 37.8. The minimum Gasteiger partial charge on any atom is -0.455 e. The fourth-order valence-electron chi connectivity index (χ4n) is 10.6. The van der Waals surface area contributed by atoms with E-state index in [0.29, 0.717) is 5.82 Å². The molecule has 0 saturated carbocycles. The number of hydrogen-bond acceptors (Lipinski definition) is 4. The average Bonchev–Trinajstić information content (AvgIpc) is 4.00. The smallest absolute Gasteiger partial charge is 0.160 e. The number of aromatic nitrogens is 4. The lowest BCUT2D eigenvalue weighted by Crippen LogP contribution is -1.96. The molecule has 0 atom stereocenters. The molecule has 14 rings (SSSR count). The van der Waals surface area contributed by atoms with Crippen LogP contribution in [0.25, 0.3) is 139 Å². The van der Waals surface area contributed by atoms with E-state index in [0.717, 1.165) is 111 Å². The lowest BCUT2D eigenvalue weighted by molar-refractivity contribution is 0.670. The number of para-hydroxylation sites is 5. The first-order valence-electron chi connectivity index (χ1n) is 23.7. The fraction of sp³-hybridized carbons (Fsp3) is 0. The number of fused-ring (bicyclic) bond motifs is 10. The van der Waals surface area contributed by atoms with Crippen LogP contribution in [0.1, 0.15) is 0 Å². The van der Waals surface area contributed by atoms with Gasteiger partial charge in [0.1, 0.15) is 11.2 Å². The molecule has 0 bridgehead atoms. The van der Waals surface area contributed by atoms with Crippen LogP contribution in [0.15, 0.2) is 247 Å². The van der Waals surface area contributed by atoms with Crippen molar-refractivity contribution in [2.24, 2.45) is 0 Å². The Kier molecular flexibility index (Phi) is 9.14. The van der Waals surface area contributed by atoms with Gasteiger partial charge in [-0.2, -0.15) is 0 Å². The van der Waals surface area contributed by atoms with E-state index >= 15 is 0 Å². The molecule has 0 amide bonds. The van der Waals surface area contributed by atoms with E-state index in [1.54, 1.807) is 0 Å². The van der Waals surface area contributed by atoms with Crippen LogP contribution in [0.3, 0.4) is 0 Å². The van der Waals surface area contributed by atoms with E-state index in [9.17, 15) is 0 Å². The molecule has 326 valence electrons. The number of pyridine rings is 1. The van der Waals surface area contributed by atoms with Crippen LogP contribution in [0.5, 0.6) is 0 Å². The van der Waals surface area contributed by atoms with E-state index in [1.165, 1.54) is 21.7 Å². The Balaban J connectivity index is 0.907. The van der Waals surface area contributed by atoms with Gasteiger partial charge in [0.2, 0.25) is 0 Å². The number of furan rings is 1. The molecule has 4 aromatic heterocycles. The second kappa shape index (κ2) is 16.1. The van der Waals surface area contributed by atoms with Gasteiger partial charge < -0.3 is 8.98 Å². The van der Waals surface area contributed by atoms with Gasteiger partial charge in [-0.05, 0) is 59.0 Å². The zero-order valence-corrected chi connectivity index (χ0v) is 37.8. The summed E-state index contributed by atoms with van der Waals surface area (Å²) >= 11 is 0. The molecule has 0 aliphatic rings. The van der Waals surface area contributed by atoms with Crippen LogP contribution in [0.4, 0.5) is 0 Å². The van der Waals surface area contributed by atoms with Gasteiger partial charge in [0, 0.05) is 71.4 Å². The van der Waals surface area contributed by atoms with Gasteiger partial charge >= 0.3 is 0 Å². The lowest BCUT2D eigenvalue weighted by atomic mass is 9.93. The second-order valence-electron chi connectivity index (χ2n) is 17.9. The molecule has 0 aliphatic carbocycles. The molecule has 0 radical (unpaired) electrons. The summed E-state index contributed by atoms with van der Waals surface area (Å²) in [6, 6.07) is 85.4. The molecule has 5 heteroatoms. The zero-order chi connectivity index (χ0) is 46.1. The van der Waals surface area contributed by atoms with Gasteiger partial charge in [0.05, 0.1) is 33.6 Å². The van der Waals surface area contributed by atoms with Gasteiger partial charge in [-0.25, -0.2) is 15.0 Å². The number of hydrogen-bond donors (Lipinski definition) is 0. The summed E-state index contributed by atoms with van der Waals surface area (Å²) in [7, 11) is 0. The molecule has 0 aliphatic heterocycles. The van der Waals surface area contributed by atoms with Crippen molar-refractivity contribution in [1.82, 2.24) is 19.5 Å². The highest BCUT2D eigenvalue weighted by Crippen LogP contribution is 2.44. The molecule has 0 N–H and O–H groups in total. The molecule has 0 saturated heterocycles. The largest absolute Gasteiger partial charge is 0.455 e. The molecule has 0 spiro atoms. The first-order chi connectivity index (χ1) is 34.7. The minimum atomic E-state index is 0.653. The van der Waals surface area contributed by atoms with Crippen molar-refractivity contribution in [3.05, 3.63) is 243 Å². The summed E-state index contributed by atoms with van der Waals surface area (Å²) in [4.78, 5) is 16.2. The first kappa shape index (κ1) is 39.7. The Morgan fingerprint density at radius 2 is 0.929 bits per heavy atom. The van der Waals surface area contributed by atoms with Crippen molar-refractivity contribution in [3.63, 3.8) is 0 Å². The van der Waals surface area contributed by atoms with Crippen LogP contribution < -0.4 is 0 Å². The molecular weight excluding hydrogens is 853 g/mol. The Hall–Kier alpha value is -9.45. The third-order valence-electron chi connectivity index (χ3n) is 13.8. The lowest BCUT2D eigenvalue weighted by Gasteiger charge is -2.15. The Morgan fingerprint density at radius 3 is 1.73 bits per heavy atom. The van der Waals surface area contributed by atoms with Gasteiger partial charge in [0.25, 0.3) is 0 Å². The number of rotatable bonds is 7. The van der Waals surface area contributed by atoms with Crippen LogP contribution >= 0.6 is 0 Å². The van der Waals surface area contributed by atoms with Crippen molar-refractivity contribution < 1.29 is 4.42 Å². The quantitative estimate of drug-likeness (QED) is 0.150. The van der Waals surface area contributed by atoms with Gasteiger partial charge in [0.15, 0.2) is 5.82 Å². The second-order valence-corrected chi connectivity index (χ2v) is 17.9. The summed E-state index contributed by atoms with van der Waals surface area (Å²) in [5.41, 5.74) is 17.1. The van der Waals surface area contributed by atoms with Crippen LogP contribution in [-0.4, -0.2) is 19.5 Å². The average molecular weight is 893 g/mol. The molecule has 0 unspecified atom stereocenters. The SMILES string of the molecule is c1ccc(-c2cc(-c3cccc(-c4cccc5c4oc4ccccc45)c3)nc(-c3ccc(-c4cccc5c4nc(-c4ccccc4)c4c5ccc5c4c4ccccc4n5-c4ccccc4)cc3)n2)cc1. The van der Waals surface area contributed by atoms with Crippen molar-refractivity contribution in [3.8, 4) is 73.1 Å². The standard InChI is InChI=1S/C65H40N4O/c1-4-17-42(18-5-1)55-40-56(46-22-14-21-45(39-46)49-28-16-30-53-50-25-11-13-32-59(50)70-64(49)53)67-65(66-55)44-35-33-41(34-36-44)48-27-15-29-52-51-37-38-58-60(61(51)62(68-63(48)52)43-19-6-2-7-20-43)54-26-10-12-31-57(54)69(58)47-23-8-3-9-24-47/h1-40H. The van der Waals surface area contributed by atoms with Gasteiger partial charge in [-0.3, -0.25) is 0 Å². The topological polar surface area (TPSA) is 56.7 Å². The first-order valence-corrected chi connectivity index (χ1v) is 23.7. The Labute approximate surface area is 403 Å². The Morgan fingerprint density at radius 1 is 0.329 bits per heavy atom. The molecule has 10 aromatic carbocycles. The number of benzene rings is 10. The van der Waals surface area contributed by atoms with E-state index in [2.05, 4.69) is 229 Å². The van der Waals surface area contributed by atoms with Crippen LogP contribution in [0.2, 0.25) is 0 Å². The molecule has 14 aromatic rings. The van der Waals surface area contributed by atoms with E-state index in [1.807, 2.05) is 18.2 Å². The highest BCUT2D eigenvalue weighted by Gasteiger charge is 2.22. The predicted octanol–water partition coefficient (Wildman–Crippen LogP) is 17.2. The maximum atomic E-state index is 6.46. The summed E-state index contributed by atoms with van der Waals surface area (Å²) in [5.74, 6) is 0.653. The van der Waals surface area contributed by atoms with E-state index in [4.69, 9.17) is 19.4 Å². The molecule has 5 nitrogen and oxygen atoms in total. The van der Waals surface area contributed by atoms with Crippen molar-refractivity contribution >= 4 is 65.4 Å². The van der Waals surface area contributed by atoms with Gasteiger partial charge in [-0.1, -0.05) is 200 Å². The summed E-state index contributed by atoms with van der Waals surface area (Å²) < 4.78 is 8.84. The summed E-state index contributed by atoms with van der Waals surface area (Å²) in [5, 5.41) is 8.05. The third-order valence-corrected chi connectivity index (χ3v) is 13.8. The predicted molar refractivity (Wildman–Crippen MR) is 289 cm³/mol. The maximum absolute atomic E-state index is 6.46.